The predicted octanol–water partition coefficient (Wildman–Crippen LogP) is 3.47. The number of carbonyl (C=O) groups is 1. The van der Waals surface area contributed by atoms with Crippen LogP contribution in [0, 0.1) is 5.82 Å². The van der Waals surface area contributed by atoms with Gasteiger partial charge in [-0.25, -0.2) is 9.45 Å². The summed E-state index contributed by atoms with van der Waals surface area (Å²) in [6, 6.07) is 4.31. The second-order valence-electron chi connectivity index (χ2n) is 3.98. The molecule has 0 saturated carbocycles. The summed E-state index contributed by atoms with van der Waals surface area (Å²) >= 11 is 7.36. The monoisotopic (exact) mass is 285 g/mol. The number of carbonyl (C=O) groups excluding carboxylic acids is 1. The smallest absolute Gasteiger partial charge is 0.271 e. The van der Waals surface area contributed by atoms with Gasteiger partial charge in [-0.15, -0.1) is 11.3 Å². The zero-order valence-electron chi connectivity index (χ0n) is 9.28. The first-order chi connectivity index (χ1) is 8.66. The molecule has 1 aliphatic heterocycles. The van der Waals surface area contributed by atoms with Gasteiger partial charge >= 0.3 is 0 Å². The number of thiophene rings is 1. The van der Waals surface area contributed by atoms with E-state index in [4.69, 9.17) is 16.4 Å². The predicted molar refractivity (Wildman–Crippen MR) is 68.4 cm³/mol. The number of amides is 1. The lowest BCUT2D eigenvalue weighted by atomic mass is 10.2. The Labute approximate surface area is 112 Å². The molecule has 94 valence electrons. The fourth-order valence-electron chi connectivity index (χ4n) is 1.90. The first-order valence-electron chi connectivity index (χ1n) is 5.49. The molecule has 3 nitrogen and oxygen atoms in total. The van der Waals surface area contributed by atoms with Crippen LogP contribution < -0.4 is 0 Å². The Morgan fingerprint density at radius 1 is 1.50 bits per heavy atom. The van der Waals surface area contributed by atoms with Crippen LogP contribution in [-0.2, 0) is 4.84 Å². The van der Waals surface area contributed by atoms with E-state index in [1.54, 1.807) is 6.07 Å². The van der Waals surface area contributed by atoms with Crippen molar-refractivity contribution in [1.82, 2.24) is 5.06 Å². The van der Waals surface area contributed by atoms with Gasteiger partial charge in [-0.1, -0.05) is 11.6 Å². The molecule has 1 saturated heterocycles. The lowest BCUT2D eigenvalue weighted by molar-refractivity contribution is -0.0765. The summed E-state index contributed by atoms with van der Waals surface area (Å²) in [5.41, 5.74) is 0. The third kappa shape index (κ3) is 1.88. The van der Waals surface area contributed by atoms with Crippen LogP contribution in [0.4, 0.5) is 4.39 Å². The third-order valence-electron chi connectivity index (χ3n) is 2.76. The minimum absolute atomic E-state index is 0.251. The van der Waals surface area contributed by atoms with Crippen molar-refractivity contribution >= 4 is 38.9 Å². The molecule has 1 fully saturated rings. The average molecular weight is 286 g/mol. The standard InChI is InChI=1S/C12H9ClFNO2S/c13-10-8-3-2-7(14)6-9(8)18-11(10)12(16)15-4-1-5-17-15/h2-3,6H,1,4-5H2. The zero-order valence-corrected chi connectivity index (χ0v) is 10.9. The second kappa shape index (κ2) is 4.50. The molecule has 6 heteroatoms. The van der Waals surface area contributed by atoms with Crippen molar-refractivity contribution in [2.45, 2.75) is 6.42 Å². The zero-order chi connectivity index (χ0) is 12.7. The van der Waals surface area contributed by atoms with Crippen molar-refractivity contribution in [1.29, 1.82) is 0 Å². The first-order valence-corrected chi connectivity index (χ1v) is 6.68. The number of hydrogen-bond acceptors (Lipinski definition) is 3. The van der Waals surface area contributed by atoms with Gasteiger partial charge in [0.1, 0.15) is 10.7 Å². The molecular formula is C12H9ClFNO2S. The molecule has 0 atom stereocenters. The maximum absolute atomic E-state index is 13.1. The van der Waals surface area contributed by atoms with Gasteiger partial charge in [0.2, 0.25) is 0 Å². The van der Waals surface area contributed by atoms with Crippen molar-refractivity contribution in [3.63, 3.8) is 0 Å². The van der Waals surface area contributed by atoms with E-state index in [1.165, 1.54) is 28.5 Å². The highest BCUT2D eigenvalue weighted by Gasteiger charge is 2.25. The van der Waals surface area contributed by atoms with E-state index >= 15 is 0 Å². The summed E-state index contributed by atoms with van der Waals surface area (Å²) in [7, 11) is 0. The SMILES string of the molecule is O=C(c1sc2cc(F)ccc2c1Cl)N1CCCO1. The molecule has 0 radical (unpaired) electrons. The van der Waals surface area contributed by atoms with Gasteiger partial charge in [0, 0.05) is 10.1 Å². The highest BCUT2D eigenvalue weighted by molar-refractivity contribution is 7.21. The van der Waals surface area contributed by atoms with Crippen molar-refractivity contribution in [3.05, 3.63) is 33.9 Å². The minimum atomic E-state index is -0.336. The highest BCUT2D eigenvalue weighted by atomic mass is 35.5. The van der Waals surface area contributed by atoms with Gasteiger partial charge in [-0.05, 0) is 24.6 Å². The van der Waals surface area contributed by atoms with E-state index in [0.717, 1.165) is 6.42 Å². The quantitative estimate of drug-likeness (QED) is 0.803. The Morgan fingerprint density at radius 2 is 2.33 bits per heavy atom. The maximum atomic E-state index is 13.1. The highest BCUT2D eigenvalue weighted by Crippen LogP contribution is 2.36. The third-order valence-corrected chi connectivity index (χ3v) is 4.41. The Hall–Kier alpha value is -1.17. The molecule has 0 aliphatic carbocycles. The molecular weight excluding hydrogens is 277 g/mol. The van der Waals surface area contributed by atoms with Crippen molar-refractivity contribution in [2.24, 2.45) is 0 Å². The van der Waals surface area contributed by atoms with Gasteiger partial charge in [0.15, 0.2) is 0 Å². The summed E-state index contributed by atoms with van der Waals surface area (Å²) in [5, 5.41) is 2.38. The number of hydrogen-bond donors (Lipinski definition) is 0. The Bertz CT molecular complexity index is 622. The van der Waals surface area contributed by atoms with E-state index in [2.05, 4.69) is 0 Å². The van der Waals surface area contributed by atoms with Crippen LogP contribution in [0.2, 0.25) is 5.02 Å². The van der Waals surface area contributed by atoms with Crippen LogP contribution in [0.1, 0.15) is 16.1 Å². The maximum Gasteiger partial charge on any atom is 0.289 e. The molecule has 18 heavy (non-hydrogen) atoms. The second-order valence-corrected chi connectivity index (χ2v) is 5.41. The average Bonchev–Trinajstić information content (AvgIpc) is 2.97. The number of benzene rings is 1. The number of nitrogens with zero attached hydrogens (tertiary/aromatic N) is 1. The van der Waals surface area contributed by atoms with Crippen molar-refractivity contribution < 1.29 is 14.0 Å². The molecule has 2 aromatic rings. The van der Waals surface area contributed by atoms with Crippen molar-refractivity contribution in [3.8, 4) is 0 Å². The first kappa shape index (κ1) is 11.9. The lowest BCUT2D eigenvalue weighted by Gasteiger charge is -2.12. The van der Waals surface area contributed by atoms with Crippen LogP contribution in [-0.4, -0.2) is 24.1 Å². The largest absolute Gasteiger partial charge is 0.289 e. The summed E-state index contributed by atoms with van der Waals surface area (Å²) in [4.78, 5) is 17.8. The number of fused-ring (bicyclic) bond motifs is 1. The summed E-state index contributed by atoms with van der Waals surface area (Å²) in [5.74, 6) is -0.587. The molecule has 1 aromatic heterocycles. The van der Waals surface area contributed by atoms with E-state index in [9.17, 15) is 9.18 Å². The Kier molecular flexibility index (Phi) is 2.97. The van der Waals surface area contributed by atoms with Crippen molar-refractivity contribution in [2.75, 3.05) is 13.2 Å². The molecule has 3 rings (SSSR count). The molecule has 0 bridgehead atoms. The molecule has 0 unspecified atom stereocenters. The van der Waals surface area contributed by atoms with Gasteiger partial charge in [-0.3, -0.25) is 9.63 Å². The topological polar surface area (TPSA) is 29.5 Å². The molecule has 0 spiro atoms. The summed E-state index contributed by atoms with van der Waals surface area (Å²) < 4.78 is 13.8. The van der Waals surface area contributed by atoms with Crippen LogP contribution in [0.3, 0.4) is 0 Å². The van der Waals surface area contributed by atoms with Crippen LogP contribution in [0.5, 0.6) is 0 Å². The van der Waals surface area contributed by atoms with Gasteiger partial charge in [0.05, 0.1) is 18.2 Å². The van der Waals surface area contributed by atoms with E-state index in [1.807, 2.05) is 0 Å². The van der Waals surface area contributed by atoms with Gasteiger partial charge in [0.25, 0.3) is 5.91 Å². The van der Waals surface area contributed by atoms with Gasteiger partial charge < -0.3 is 0 Å². The summed E-state index contributed by atoms with van der Waals surface area (Å²) in [6.45, 7) is 1.11. The molecule has 0 N–H and O–H groups in total. The van der Waals surface area contributed by atoms with E-state index in [-0.39, 0.29) is 11.7 Å². The van der Waals surface area contributed by atoms with Crippen LogP contribution in [0.25, 0.3) is 10.1 Å². The van der Waals surface area contributed by atoms with Gasteiger partial charge in [-0.2, -0.15) is 0 Å². The lowest BCUT2D eigenvalue weighted by Crippen LogP contribution is -2.25. The minimum Gasteiger partial charge on any atom is -0.271 e. The number of rotatable bonds is 1. The van der Waals surface area contributed by atoms with E-state index < -0.39 is 0 Å². The molecule has 2 heterocycles. The number of halogens is 2. The summed E-state index contributed by atoms with van der Waals surface area (Å²) in [6.07, 6.45) is 0.822. The van der Waals surface area contributed by atoms with E-state index in [0.29, 0.717) is 33.1 Å². The van der Waals surface area contributed by atoms with Crippen LogP contribution >= 0.6 is 22.9 Å². The molecule has 1 aliphatic rings. The Morgan fingerprint density at radius 3 is 3.06 bits per heavy atom. The normalized spacial score (nSPS) is 15.6. The Balaban J connectivity index is 2.06. The van der Waals surface area contributed by atoms with Crippen LogP contribution in [0.15, 0.2) is 18.2 Å². The fraction of sp³-hybridized carbons (Fsp3) is 0.250. The fourth-order valence-corrected chi connectivity index (χ4v) is 3.37. The molecule has 1 amide bonds. The molecule has 1 aromatic carbocycles. The number of hydroxylamine groups is 2.